The second kappa shape index (κ2) is 6.13. The van der Waals surface area contributed by atoms with Gasteiger partial charge < -0.3 is 0 Å². The van der Waals surface area contributed by atoms with Crippen LogP contribution in [0.25, 0.3) is 6.08 Å². The van der Waals surface area contributed by atoms with E-state index in [0.717, 1.165) is 12.0 Å². The van der Waals surface area contributed by atoms with Crippen molar-refractivity contribution in [2.45, 2.75) is 13.3 Å². The van der Waals surface area contributed by atoms with E-state index in [4.69, 9.17) is 0 Å². The first-order chi connectivity index (χ1) is 10.0. The molecule has 1 heterocycles. The zero-order chi connectivity index (χ0) is 15.4. The van der Waals surface area contributed by atoms with Crippen LogP contribution in [0.1, 0.15) is 28.5 Å². The molecule has 0 saturated carbocycles. The topological polar surface area (TPSA) is 78.0 Å². The summed E-state index contributed by atoms with van der Waals surface area (Å²) in [4.78, 5) is 22.3. The number of hydrogen-bond donors (Lipinski definition) is 0. The molecule has 0 aliphatic carbocycles. The summed E-state index contributed by atoms with van der Waals surface area (Å²) < 4.78 is 1.26. The van der Waals surface area contributed by atoms with Gasteiger partial charge in [-0.15, -0.1) is 0 Å². The Balaban J connectivity index is 2.20. The second-order valence-corrected chi connectivity index (χ2v) is 4.59. The van der Waals surface area contributed by atoms with Crippen molar-refractivity contribution in [2.24, 2.45) is 7.05 Å². The first-order valence-corrected chi connectivity index (χ1v) is 6.50. The fraction of sp³-hybridized carbons (Fsp3) is 0.200. The molecule has 0 atom stereocenters. The molecule has 0 aliphatic heterocycles. The normalized spacial score (nSPS) is 11.0. The average molecular weight is 285 g/mol. The number of aromatic nitrogens is 2. The molecule has 0 fully saturated rings. The van der Waals surface area contributed by atoms with E-state index in [1.807, 2.05) is 24.3 Å². The number of carbonyl (C=O) groups excluding carboxylic acids is 1. The van der Waals surface area contributed by atoms with Crippen LogP contribution in [0.3, 0.4) is 0 Å². The Kier molecular flexibility index (Phi) is 4.27. The number of carbonyl (C=O) groups is 1. The van der Waals surface area contributed by atoms with E-state index in [1.54, 1.807) is 6.08 Å². The summed E-state index contributed by atoms with van der Waals surface area (Å²) in [6, 6.07) is 7.76. The molecular formula is C15H15N3O3. The maximum atomic E-state index is 12.0. The first-order valence-electron chi connectivity index (χ1n) is 6.50. The zero-order valence-electron chi connectivity index (χ0n) is 11.8. The van der Waals surface area contributed by atoms with E-state index in [9.17, 15) is 14.9 Å². The number of aryl methyl sites for hydroxylation is 2. The maximum Gasteiger partial charge on any atom is 0.318 e. The Morgan fingerprint density at radius 3 is 2.62 bits per heavy atom. The molecule has 1 aromatic heterocycles. The van der Waals surface area contributed by atoms with Gasteiger partial charge in [0, 0.05) is 7.05 Å². The van der Waals surface area contributed by atoms with Crippen LogP contribution in [0.5, 0.6) is 0 Å². The predicted octanol–water partition coefficient (Wildman–Crippen LogP) is 2.79. The minimum absolute atomic E-state index is 0.149. The lowest BCUT2D eigenvalue weighted by atomic mass is 10.1. The van der Waals surface area contributed by atoms with Gasteiger partial charge in [-0.2, -0.15) is 5.10 Å². The average Bonchev–Trinajstić information content (AvgIpc) is 2.87. The van der Waals surface area contributed by atoms with E-state index in [-0.39, 0.29) is 11.4 Å². The number of benzene rings is 1. The third kappa shape index (κ3) is 3.42. The van der Waals surface area contributed by atoms with Crippen molar-refractivity contribution >= 4 is 17.5 Å². The van der Waals surface area contributed by atoms with Gasteiger partial charge in [0.2, 0.25) is 11.5 Å². The summed E-state index contributed by atoms with van der Waals surface area (Å²) in [5.41, 5.74) is 1.63. The van der Waals surface area contributed by atoms with Gasteiger partial charge >= 0.3 is 5.69 Å². The SMILES string of the molecule is CCc1ccc(/C=C/C(=O)c2nn(C)cc2[N+](=O)[O-])cc1. The molecule has 0 amide bonds. The molecule has 6 heteroatoms. The van der Waals surface area contributed by atoms with E-state index in [0.29, 0.717) is 0 Å². The number of rotatable bonds is 5. The monoisotopic (exact) mass is 285 g/mol. The lowest BCUT2D eigenvalue weighted by molar-refractivity contribution is -0.385. The Labute approximate surface area is 121 Å². The van der Waals surface area contributed by atoms with Crippen molar-refractivity contribution in [2.75, 3.05) is 0 Å². The lowest BCUT2D eigenvalue weighted by Crippen LogP contribution is -2.01. The van der Waals surface area contributed by atoms with Crippen molar-refractivity contribution in [1.82, 2.24) is 9.78 Å². The third-order valence-electron chi connectivity index (χ3n) is 3.05. The van der Waals surface area contributed by atoms with Gasteiger partial charge in [0.1, 0.15) is 6.20 Å². The highest BCUT2D eigenvalue weighted by Gasteiger charge is 2.22. The molecule has 21 heavy (non-hydrogen) atoms. The lowest BCUT2D eigenvalue weighted by Gasteiger charge is -1.97. The van der Waals surface area contributed by atoms with Gasteiger partial charge in [-0.1, -0.05) is 37.3 Å². The molecule has 0 aliphatic rings. The van der Waals surface area contributed by atoms with Crippen LogP contribution in [0.15, 0.2) is 36.5 Å². The largest absolute Gasteiger partial charge is 0.318 e. The summed E-state index contributed by atoms with van der Waals surface area (Å²) in [6.45, 7) is 2.06. The van der Waals surface area contributed by atoms with Crippen molar-refractivity contribution in [3.63, 3.8) is 0 Å². The van der Waals surface area contributed by atoms with Gasteiger partial charge in [0.25, 0.3) is 0 Å². The predicted molar refractivity (Wildman–Crippen MR) is 79.0 cm³/mol. The van der Waals surface area contributed by atoms with Crippen molar-refractivity contribution in [3.05, 3.63) is 63.5 Å². The van der Waals surface area contributed by atoms with Crippen LogP contribution >= 0.6 is 0 Å². The molecule has 108 valence electrons. The quantitative estimate of drug-likeness (QED) is 0.366. The van der Waals surface area contributed by atoms with Crippen molar-refractivity contribution < 1.29 is 9.72 Å². The number of allylic oxidation sites excluding steroid dienone is 1. The van der Waals surface area contributed by atoms with Crippen LogP contribution in [0.2, 0.25) is 0 Å². The molecule has 0 unspecified atom stereocenters. The fourth-order valence-corrected chi connectivity index (χ4v) is 1.90. The molecule has 6 nitrogen and oxygen atoms in total. The highest BCUT2D eigenvalue weighted by Crippen LogP contribution is 2.17. The van der Waals surface area contributed by atoms with Gasteiger partial charge in [-0.3, -0.25) is 19.6 Å². The Morgan fingerprint density at radius 1 is 1.38 bits per heavy atom. The van der Waals surface area contributed by atoms with Gasteiger partial charge in [-0.05, 0) is 23.6 Å². The molecule has 0 bridgehead atoms. The van der Waals surface area contributed by atoms with Gasteiger partial charge in [0.05, 0.1) is 4.92 Å². The summed E-state index contributed by atoms with van der Waals surface area (Å²) >= 11 is 0. The summed E-state index contributed by atoms with van der Waals surface area (Å²) in [5.74, 6) is -0.484. The number of nitro groups is 1. The van der Waals surface area contributed by atoms with E-state index >= 15 is 0 Å². The number of hydrogen-bond acceptors (Lipinski definition) is 4. The Morgan fingerprint density at radius 2 is 2.05 bits per heavy atom. The van der Waals surface area contributed by atoms with Crippen molar-refractivity contribution in [1.29, 1.82) is 0 Å². The highest BCUT2D eigenvalue weighted by atomic mass is 16.6. The summed E-state index contributed by atoms with van der Waals surface area (Å²) in [7, 11) is 1.54. The summed E-state index contributed by atoms with van der Waals surface area (Å²) in [5, 5.41) is 14.7. The molecule has 0 saturated heterocycles. The van der Waals surface area contributed by atoms with E-state index < -0.39 is 10.7 Å². The van der Waals surface area contributed by atoms with Gasteiger partial charge in [-0.25, -0.2) is 0 Å². The number of ketones is 1. The molecular weight excluding hydrogens is 270 g/mol. The standard InChI is InChI=1S/C15H15N3O3/c1-3-11-4-6-12(7-5-11)8-9-14(19)15-13(18(20)21)10-17(2)16-15/h4-10H,3H2,1-2H3/b9-8+. The molecule has 2 rings (SSSR count). The molecule has 0 radical (unpaired) electrons. The minimum Gasteiger partial charge on any atom is -0.287 e. The van der Waals surface area contributed by atoms with Crippen LogP contribution < -0.4 is 0 Å². The number of nitrogens with zero attached hydrogens (tertiary/aromatic N) is 3. The minimum atomic E-state index is -0.607. The smallest absolute Gasteiger partial charge is 0.287 e. The van der Waals surface area contributed by atoms with Crippen LogP contribution in [0.4, 0.5) is 5.69 Å². The first kappa shape index (κ1) is 14.6. The maximum absolute atomic E-state index is 12.0. The van der Waals surface area contributed by atoms with Crippen LogP contribution in [-0.2, 0) is 13.5 Å². The van der Waals surface area contributed by atoms with E-state index in [1.165, 1.54) is 29.6 Å². The van der Waals surface area contributed by atoms with E-state index in [2.05, 4.69) is 12.0 Å². The molecule has 0 N–H and O–H groups in total. The van der Waals surface area contributed by atoms with Gasteiger partial charge in [0.15, 0.2) is 0 Å². The fourth-order valence-electron chi connectivity index (χ4n) is 1.90. The van der Waals surface area contributed by atoms with Crippen molar-refractivity contribution in [3.8, 4) is 0 Å². The molecule has 2 aromatic rings. The second-order valence-electron chi connectivity index (χ2n) is 4.59. The van der Waals surface area contributed by atoms with Crippen LogP contribution in [0, 0.1) is 10.1 Å². The Hall–Kier alpha value is -2.76. The molecule has 0 spiro atoms. The van der Waals surface area contributed by atoms with Crippen LogP contribution in [-0.4, -0.2) is 20.5 Å². The Bertz CT molecular complexity index is 699. The zero-order valence-corrected chi connectivity index (χ0v) is 11.8. The molecule has 1 aromatic carbocycles. The third-order valence-corrected chi connectivity index (χ3v) is 3.05. The highest BCUT2D eigenvalue weighted by molar-refractivity contribution is 6.07. The summed E-state index contributed by atoms with van der Waals surface area (Å²) in [6.07, 6.45) is 5.09.